The van der Waals surface area contributed by atoms with Gasteiger partial charge in [-0.2, -0.15) is 13.2 Å². The first-order chi connectivity index (χ1) is 13.0. The van der Waals surface area contributed by atoms with Crippen molar-refractivity contribution < 1.29 is 32.3 Å². The normalized spacial score (nSPS) is 19.3. The van der Waals surface area contributed by atoms with Crippen LogP contribution < -0.4 is 0 Å². The Balaban J connectivity index is 2.04. The van der Waals surface area contributed by atoms with Gasteiger partial charge in [0.2, 0.25) is 0 Å². The lowest BCUT2D eigenvalue weighted by Crippen LogP contribution is -2.42. The van der Waals surface area contributed by atoms with Gasteiger partial charge < -0.3 is 9.94 Å². The average Bonchev–Trinajstić information content (AvgIpc) is 3.05. The summed E-state index contributed by atoms with van der Waals surface area (Å²) in [5, 5.41) is 11.1. The summed E-state index contributed by atoms with van der Waals surface area (Å²) < 4.78 is 55.4. The molecular formula is C17H8Cl3F4NO3. The fraction of sp³-hybridized carbons (Fsp3) is 0.176. The number of benzene rings is 2. The quantitative estimate of drug-likeness (QED) is 0.451. The van der Waals surface area contributed by atoms with Crippen LogP contribution in [0.2, 0.25) is 15.1 Å². The van der Waals surface area contributed by atoms with Crippen LogP contribution in [-0.2, 0) is 10.4 Å². The van der Waals surface area contributed by atoms with Crippen LogP contribution in [0.1, 0.15) is 27.9 Å². The van der Waals surface area contributed by atoms with E-state index in [1.165, 1.54) is 12.1 Å². The number of oxime groups is 1. The second kappa shape index (κ2) is 7.09. The molecule has 2 aromatic carbocycles. The van der Waals surface area contributed by atoms with Gasteiger partial charge in [-0.3, -0.25) is 0 Å². The SMILES string of the molecule is O=C(O)c1ccc(C2=NOC(c3cc(Cl)c(F)c(Cl)c3)(C(F)(F)F)C2)cc1Cl. The molecule has 3 rings (SSSR count). The van der Waals surface area contributed by atoms with Gasteiger partial charge >= 0.3 is 12.1 Å². The molecule has 2 aromatic rings. The van der Waals surface area contributed by atoms with Gasteiger partial charge in [0.25, 0.3) is 5.60 Å². The summed E-state index contributed by atoms with van der Waals surface area (Å²) in [6.07, 6.45) is -5.73. The molecule has 1 heterocycles. The highest BCUT2D eigenvalue weighted by atomic mass is 35.5. The third kappa shape index (κ3) is 3.40. The summed E-state index contributed by atoms with van der Waals surface area (Å²) in [7, 11) is 0. The van der Waals surface area contributed by atoms with Crippen molar-refractivity contribution in [2.75, 3.05) is 0 Å². The highest BCUT2D eigenvalue weighted by molar-refractivity contribution is 6.35. The average molecular weight is 457 g/mol. The maximum atomic E-state index is 13.9. The molecule has 11 heteroatoms. The Labute approximate surface area is 170 Å². The maximum absolute atomic E-state index is 13.9. The molecule has 0 amide bonds. The van der Waals surface area contributed by atoms with E-state index in [0.717, 1.165) is 18.2 Å². The third-order valence-corrected chi connectivity index (χ3v) is 5.03. The minimum Gasteiger partial charge on any atom is -0.478 e. The largest absolute Gasteiger partial charge is 0.478 e. The molecule has 4 nitrogen and oxygen atoms in total. The number of alkyl halides is 3. The first kappa shape index (κ1) is 20.7. The topological polar surface area (TPSA) is 58.9 Å². The summed E-state index contributed by atoms with van der Waals surface area (Å²) in [5.41, 5.74) is -3.68. The van der Waals surface area contributed by atoms with E-state index < -0.39 is 45.6 Å². The number of hydrogen-bond acceptors (Lipinski definition) is 3. The zero-order valence-corrected chi connectivity index (χ0v) is 15.7. The molecular weight excluding hydrogens is 449 g/mol. The zero-order chi connectivity index (χ0) is 20.9. The number of carboxylic acid groups (broad SMARTS) is 1. The number of nitrogens with zero attached hydrogens (tertiary/aromatic N) is 1. The zero-order valence-electron chi connectivity index (χ0n) is 13.5. The van der Waals surface area contributed by atoms with Crippen molar-refractivity contribution in [1.29, 1.82) is 0 Å². The standard InChI is InChI=1S/C17H8Cl3F4NO3/c18-10-3-7(1-2-9(10)15(26)27)13-6-16(28-25-13,17(22,23)24)8-4-11(19)14(21)12(20)5-8/h1-5H,6H2,(H,26,27). The number of hydrogen-bond donors (Lipinski definition) is 1. The van der Waals surface area contributed by atoms with E-state index in [4.69, 9.17) is 44.7 Å². The Morgan fingerprint density at radius 1 is 1.11 bits per heavy atom. The lowest BCUT2D eigenvalue weighted by Gasteiger charge is -2.29. The highest BCUT2D eigenvalue weighted by Gasteiger charge is 2.62. The molecule has 0 fully saturated rings. The summed E-state index contributed by atoms with van der Waals surface area (Å²) in [5.74, 6) is -2.35. The molecule has 148 valence electrons. The lowest BCUT2D eigenvalue weighted by atomic mass is 9.86. The molecule has 0 aliphatic carbocycles. The lowest BCUT2D eigenvalue weighted by molar-refractivity contribution is -0.275. The summed E-state index contributed by atoms with van der Waals surface area (Å²) in [6, 6.07) is 5.12. The summed E-state index contributed by atoms with van der Waals surface area (Å²) in [6.45, 7) is 0. The number of carbonyl (C=O) groups is 1. The molecule has 0 aromatic heterocycles. The highest BCUT2D eigenvalue weighted by Crippen LogP contribution is 2.50. The third-order valence-electron chi connectivity index (χ3n) is 4.17. The van der Waals surface area contributed by atoms with Crippen molar-refractivity contribution in [3.63, 3.8) is 0 Å². The molecule has 1 atom stereocenters. The van der Waals surface area contributed by atoms with E-state index in [1.807, 2.05) is 0 Å². The van der Waals surface area contributed by atoms with Gasteiger partial charge in [0, 0.05) is 17.5 Å². The van der Waals surface area contributed by atoms with E-state index in [1.54, 1.807) is 0 Å². The van der Waals surface area contributed by atoms with E-state index in [2.05, 4.69) is 5.16 Å². The number of halogens is 7. The Hall–Kier alpha value is -2.03. The van der Waals surface area contributed by atoms with Gasteiger partial charge in [-0.15, -0.1) is 0 Å². The minimum atomic E-state index is -4.95. The van der Waals surface area contributed by atoms with Crippen molar-refractivity contribution in [3.05, 3.63) is 67.9 Å². The van der Waals surface area contributed by atoms with E-state index in [9.17, 15) is 22.4 Å². The van der Waals surface area contributed by atoms with Crippen LogP contribution in [0, 0.1) is 5.82 Å². The molecule has 0 radical (unpaired) electrons. The molecule has 1 unspecified atom stereocenters. The molecule has 0 bridgehead atoms. The minimum absolute atomic E-state index is 0.132. The van der Waals surface area contributed by atoms with E-state index >= 15 is 0 Å². The molecule has 1 N–H and O–H groups in total. The van der Waals surface area contributed by atoms with Crippen molar-refractivity contribution in [2.45, 2.75) is 18.2 Å². The van der Waals surface area contributed by atoms with Crippen LogP contribution in [0.25, 0.3) is 0 Å². The monoisotopic (exact) mass is 455 g/mol. The van der Waals surface area contributed by atoms with Gasteiger partial charge in [-0.05, 0) is 24.3 Å². The fourth-order valence-electron chi connectivity index (χ4n) is 2.72. The molecule has 0 saturated carbocycles. The van der Waals surface area contributed by atoms with Gasteiger partial charge in [0.1, 0.15) is 0 Å². The molecule has 1 aliphatic heterocycles. The molecule has 0 saturated heterocycles. The predicted octanol–water partition coefficient (Wildman–Crippen LogP) is 6.07. The second-order valence-corrected chi connectivity index (χ2v) is 7.11. The smallest absolute Gasteiger partial charge is 0.435 e. The fourth-order valence-corrected chi connectivity index (χ4v) is 3.46. The van der Waals surface area contributed by atoms with Gasteiger partial charge in [-0.25, -0.2) is 9.18 Å². The van der Waals surface area contributed by atoms with Crippen LogP contribution in [-0.4, -0.2) is 23.0 Å². The first-order valence-electron chi connectivity index (χ1n) is 7.46. The summed E-state index contributed by atoms with van der Waals surface area (Å²) in [4.78, 5) is 15.8. The molecule has 28 heavy (non-hydrogen) atoms. The maximum Gasteiger partial charge on any atom is 0.435 e. The number of aromatic carboxylic acids is 1. The van der Waals surface area contributed by atoms with Crippen molar-refractivity contribution >= 4 is 46.5 Å². The van der Waals surface area contributed by atoms with Crippen molar-refractivity contribution in [3.8, 4) is 0 Å². The van der Waals surface area contributed by atoms with E-state index in [-0.39, 0.29) is 21.9 Å². The first-order valence-corrected chi connectivity index (χ1v) is 8.59. The van der Waals surface area contributed by atoms with Crippen LogP contribution >= 0.6 is 34.8 Å². The van der Waals surface area contributed by atoms with Crippen molar-refractivity contribution in [1.82, 2.24) is 0 Å². The number of rotatable bonds is 3. The van der Waals surface area contributed by atoms with Crippen LogP contribution in [0.4, 0.5) is 17.6 Å². The van der Waals surface area contributed by atoms with Crippen LogP contribution in [0.3, 0.4) is 0 Å². The van der Waals surface area contributed by atoms with Gasteiger partial charge in [0.05, 0.1) is 26.3 Å². The van der Waals surface area contributed by atoms with Crippen LogP contribution in [0.15, 0.2) is 35.5 Å². The van der Waals surface area contributed by atoms with Gasteiger partial charge in [-0.1, -0.05) is 46.0 Å². The Bertz CT molecular complexity index is 987. The van der Waals surface area contributed by atoms with Crippen LogP contribution in [0.5, 0.6) is 0 Å². The summed E-state index contributed by atoms with van der Waals surface area (Å²) >= 11 is 17.1. The Kier molecular flexibility index (Phi) is 5.24. The van der Waals surface area contributed by atoms with Crippen molar-refractivity contribution in [2.24, 2.45) is 5.16 Å². The Morgan fingerprint density at radius 2 is 1.71 bits per heavy atom. The second-order valence-electron chi connectivity index (χ2n) is 5.88. The number of carboxylic acids is 1. The van der Waals surface area contributed by atoms with E-state index in [0.29, 0.717) is 0 Å². The predicted molar refractivity (Wildman–Crippen MR) is 94.8 cm³/mol. The molecule has 0 spiro atoms. The Morgan fingerprint density at radius 3 is 2.21 bits per heavy atom. The molecule has 1 aliphatic rings. The van der Waals surface area contributed by atoms with Gasteiger partial charge in [0.15, 0.2) is 5.82 Å².